The van der Waals surface area contributed by atoms with Gasteiger partial charge in [-0.05, 0) is 31.2 Å². The summed E-state index contributed by atoms with van der Waals surface area (Å²) < 4.78 is 0. The fourth-order valence-corrected chi connectivity index (χ4v) is 2.10. The largest absolute Gasteiger partial charge is 0.478 e. The second-order valence-corrected chi connectivity index (χ2v) is 4.71. The predicted octanol–water partition coefficient (Wildman–Crippen LogP) is 2.39. The highest BCUT2D eigenvalue weighted by molar-refractivity contribution is 6.13. The molecule has 0 fully saturated rings. The number of aromatic carboxylic acids is 1. The van der Waals surface area contributed by atoms with Gasteiger partial charge in [0, 0.05) is 6.54 Å². The second-order valence-electron chi connectivity index (χ2n) is 4.71. The first-order chi connectivity index (χ1) is 11.0. The molecule has 2 aromatic rings. The van der Waals surface area contributed by atoms with E-state index < -0.39 is 11.9 Å². The minimum atomic E-state index is -1.19. The van der Waals surface area contributed by atoms with E-state index in [-0.39, 0.29) is 17.0 Å². The van der Waals surface area contributed by atoms with E-state index in [4.69, 9.17) is 5.11 Å². The summed E-state index contributed by atoms with van der Waals surface area (Å²) in [5.41, 5.74) is 0.574. The van der Waals surface area contributed by atoms with E-state index in [1.807, 2.05) is 0 Å². The zero-order valence-corrected chi connectivity index (χ0v) is 12.5. The Kier molecular flexibility index (Phi) is 5.09. The maximum atomic E-state index is 12.4. The number of rotatable bonds is 5. The molecule has 23 heavy (non-hydrogen) atoms. The Bertz CT molecular complexity index is 756. The van der Waals surface area contributed by atoms with Crippen LogP contribution in [-0.2, 0) is 0 Å². The monoisotopic (exact) mass is 312 g/mol. The predicted molar refractivity (Wildman–Crippen MR) is 85.8 cm³/mol. The lowest BCUT2D eigenvalue weighted by Crippen LogP contribution is -2.25. The molecule has 0 saturated heterocycles. The summed E-state index contributed by atoms with van der Waals surface area (Å²) in [5.74, 6) is -2.08. The van der Waals surface area contributed by atoms with Crippen LogP contribution in [0.3, 0.4) is 0 Å². The number of hydrogen-bond donors (Lipinski definition) is 3. The lowest BCUT2D eigenvalue weighted by atomic mass is 10.1. The molecule has 0 aliphatic carbocycles. The first kappa shape index (κ1) is 16.2. The van der Waals surface area contributed by atoms with Crippen molar-refractivity contribution in [3.05, 3.63) is 65.2 Å². The van der Waals surface area contributed by atoms with Gasteiger partial charge in [0.15, 0.2) is 0 Å². The Labute approximate surface area is 133 Å². The van der Waals surface area contributed by atoms with Crippen molar-refractivity contribution in [3.63, 3.8) is 0 Å². The van der Waals surface area contributed by atoms with Gasteiger partial charge in [0.1, 0.15) is 0 Å². The molecule has 0 bridgehead atoms. The molecule has 0 heterocycles. The Morgan fingerprint density at radius 2 is 1.43 bits per heavy atom. The van der Waals surface area contributed by atoms with Crippen molar-refractivity contribution < 1.29 is 19.5 Å². The number of benzene rings is 2. The fraction of sp³-hybridized carbons (Fsp3) is 0.118. The highest BCUT2D eigenvalue weighted by atomic mass is 16.4. The maximum absolute atomic E-state index is 12.4. The van der Waals surface area contributed by atoms with E-state index in [1.54, 1.807) is 43.3 Å². The molecule has 2 amide bonds. The smallest absolute Gasteiger partial charge is 0.336 e. The summed E-state index contributed by atoms with van der Waals surface area (Å²) in [6, 6.07) is 12.4. The van der Waals surface area contributed by atoms with Crippen molar-refractivity contribution in [1.29, 1.82) is 0 Å². The van der Waals surface area contributed by atoms with Crippen LogP contribution in [-0.4, -0.2) is 29.4 Å². The molecular weight excluding hydrogens is 296 g/mol. The van der Waals surface area contributed by atoms with Crippen LogP contribution in [0.4, 0.5) is 5.69 Å². The van der Waals surface area contributed by atoms with Gasteiger partial charge in [0.2, 0.25) is 0 Å². The third-order valence-electron chi connectivity index (χ3n) is 3.16. The van der Waals surface area contributed by atoms with Crippen LogP contribution in [0.25, 0.3) is 0 Å². The molecule has 2 aromatic carbocycles. The molecule has 0 atom stereocenters. The lowest BCUT2D eigenvalue weighted by Gasteiger charge is -2.11. The van der Waals surface area contributed by atoms with Crippen molar-refractivity contribution in [2.75, 3.05) is 11.9 Å². The number of hydrogen-bond acceptors (Lipinski definition) is 3. The van der Waals surface area contributed by atoms with Crippen molar-refractivity contribution in [3.8, 4) is 0 Å². The minimum Gasteiger partial charge on any atom is -0.478 e. The average molecular weight is 312 g/mol. The zero-order valence-electron chi connectivity index (χ0n) is 12.5. The summed E-state index contributed by atoms with van der Waals surface area (Å²) in [4.78, 5) is 35.6. The number of carboxylic acid groups (broad SMARTS) is 1. The topological polar surface area (TPSA) is 95.5 Å². The highest BCUT2D eigenvalue weighted by Crippen LogP contribution is 2.17. The number of para-hydroxylation sites is 1. The van der Waals surface area contributed by atoms with E-state index >= 15 is 0 Å². The Balaban J connectivity index is 2.32. The van der Waals surface area contributed by atoms with Gasteiger partial charge >= 0.3 is 5.97 Å². The van der Waals surface area contributed by atoms with Gasteiger partial charge in [-0.3, -0.25) is 9.59 Å². The summed E-state index contributed by atoms with van der Waals surface area (Å²) in [5, 5.41) is 14.4. The highest BCUT2D eigenvalue weighted by Gasteiger charge is 2.18. The quantitative estimate of drug-likeness (QED) is 0.790. The van der Waals surface area contributed by atoms with E-state index in [9.17, 15) is 14.4 Å². The van der Waals surface area contributed by atoms with Crippen LogP contribution < -0.4 is 10.6 Å². The summed E-state index contributed by atoms with van der Waals surface area (Å²) >= 11 is 0. The van der Waals surface area contributed by atoms with Gasteiger partial charge in [-0.15, -0.1) is 0 Å². The Morgan fingerprint density at radius 1 is 0.870 bits per heavy atom. The molecule has 0 aliphatic heterocycles. The molecule has 6 nitrogen and oxygen atoms in total. The molecule has 118 valence electrons. The fourth-order valence-electron chi connectivity index (χ4n) is 2.10. The number of carboxylic acids is 1. The van der Waals surface area contributed by atoms with Crippen molar-refractivity contribution in [1.82, 2.24) is 5.32 Å². The van der Waals surface area contributed by atoms with Crippen molar-refractivity contribution in [2.24, 2.45) is 0 Å². The van der Waals surface area contributed by atoms with Gasteiger partial charge in [0.25, 0.3) is 11.8 Å². The van der Waals surface area contributed by atoms with E-state index in [1.165, 1.54) is 12.1 Å². The van der Waals surface area contributed by atoms with Crippen LogP contribution in [0.2, 0.25) is 0 Å². The Morgan fingerprint density at radius 3 is 2.04 bits per heavy atom. The van der Waals surface area contributed by atoms with Gasteiger partial charge in [-0.25, -0.2) is 4.79 Å². The average Bonchev–Trinajstić information content (AvgIpc) is 2.55. The van der Waals surface area contributed by atoms with Crippen LogP contribution in [0.15, 0.2) is 48.5 Å². The molecule has 3 N–H and O–H groups in total. The number of carbonyl (C=O) groups is 3. The number of amides is 2. The molecule has 2 rings (SSSR count). The number of carbonyl (C=O) groups excluding carboxylic acids is 2. The molecular formula is C17H16N2O4. The second kappa shape index (κ2) is 7.22. The van der Waals surface area contributed by atoms with Crippen molar-refractivity contribution >= 4 is 23.5 Å². The maximum Gasteiger partial charge on any atom is 0.336 e. The molecule has 0 radical (unpaired) electrons. The summed E-state index contributed by atoms with van der Waals surface area (Å²) in [6.45, 7) is 2.26. The lowest BCUT2D eigenvalue weighted by molar-refractivity contribution is 0.0692. The SMILES string of the molecule is CCNC(=O)c1ccccc1NC(=O)c1ccccc1C(=O)O. The normalized spacial score (nSPS) is 9.96. The number of anilines is 1. The first-order valence-electron chi connectivity index (χ1n) is 7.05. The van der Waals surface area contributed by atoms with Crippen LogP contribution in [0.1, 0.15) is 38.0 Å². The van der Waals surface area contributed by atoms with Gasteiger partial charge in [-0.1, -0.05) is 24.3 Å². The van der Waals surface area contributed by atoms with E-state index in [2.05, 4.69) is 10.6 Å². The Hall–Kier alpha value is -3.15. The molecule has 0 unspecified atom stereocenters. The van der Waals surface area contributed by atoms with Crippen molar-refractivity contribution in [2.45, 2.75) is 6.92 Å². The first-order valence-corrected chi connectivity index (χ1v) is 7.05. The molecule has 0 aliphatic rings. The van der Waals surface area contributed by atoms with Crippen LogP contribution in [0, 0.1) is 0 Å². The summed E-state index contributed by atoms with van der Waals surface area (Å²) in [6.07, 6.45) is 0. The van der Waals surface area contributed by atoms with Gasteiger partial charge in [-0.2, -0.15) is 0 Å². The van der Waals surface area contributed by atoms with E-state index in [0.29, 0.717) is 17.8 Å². The van der Waals surface area contributed by atoms with Crippen LogP contribution >= 0.6 is 0 Å². The van der Waals surface area contributed by atoms with E-state index in [0.717, 1.165) is 0 Å². The molecule has 6 heteroatoms. The summed E-state index contributed by atoms with van der Waals surface area (Å²) in [7, 11) is 0. The number of nitrogens with one attached hydrogen (secondary N) is 2. The zero-order chi connectivity index (χ0) is 16.8. The van der Waals surface area contributed by atoms with Gasteiger partial charge in [0.05, 0.1) is 22.4 Å². The molecule has 0 aromatic heterocycles. The standard InChI is InChI=1S/C17H16N2O4/c1-2-18-15(20)13-9-5-6-10-14(13)19-16(21)11-7-3-4-8-12(11)17(22)23/h3-10H,2H2,1H3,(H,18,20)(H,19,21)(H,22,23). The molecule has 0 spiro atoms. The molecule has 0 saturated carbocycles. The third-order valence-corrected chi connectivity index (χ3v) is 3.16. The van der Waals surface area contributed by atoms with Gasteiger partial charge < -0.3 is 15.7 Å². The minimum absolute atomic E-state index is 0.0331. The van der Waals surface area contributed by atoms with Crippen LogP contribution in [0.5, 0.6) is 0 Å². The third kappa shape index (κ3) is 3.74.